The summed E-state index contributed by atoms with van der Waals surface area (Å²) in [5.74, 6) is -1.91. The molecule has 0 aliphatic rings. The molecule has 0 unspecified atom stereocenters. The van der Waals surface area contributed by atoms with E-state index >= 15 is 0 Å². The molecule has 0 aliphatic heterocycles. The summed E-state index contributed by atoms with van der Waals surface area (Å²) in [4.78, 5) is 13.4. The van der Waals surface area contributed by atoms with Gasteiger partial charge in [0.2, 0.25) is 0 Å². The first kappa shape index (κ1) is 29.2. The van der Waals surface area contributed by atoms with Gasteiger partial charge in [0.1, 0.15) is 23.3 Å². The lowest BCUT2D eigenvalue weighted by Crippen LogP contribution is -2.28. The van der Waals surface area contributed by atoms with Crippen molar-refractivity contribution >= 4 is 21.2 Å². The standard InChI is InChI=1S/C28H21F5N2O3S2/c1-15(2)17-6-18(8-21(7-17)40(3,37)38)19-9-26(39-14-19)25-11-23(28(31,32)33)22(12-34)27(36)35(25)13-16-4-5-20(29)10-24(16)30/h4-11,14-15H,13H2,1-3H3. The minimum Gasteiger partial charge on any atom is -0.302 e. The topological polar surface area (TPSA) is 79.9 Å². The molecule has 0 atom stereocenters. The molecule has 2 heterocycles. The maximum absolute atomic E-state index is 14.5. The predicted molar refractivity (Wildman–Crippen MR) is 142 cm³/mol. The summed E-state index contributed by atoms with van der Waals surface area (Å²) in [5, 5.41) is 11.0. The normalized spacial score (nSPS) is 12.1. The van der Waals surface area contributed by atoms with Gasteiger partial charge in [-0.25, -0.2) is 17.2 Å². The van der Waals surface area contributed by atoms with Crippen molar-refractivity contribution in [3.63, 3.8) is 0 Å². The summed E-state index contributed by atoms with van der Waals surface area (Å²) in [6.07, 6.45) is -3.97. The molecule has 0 bridgehead atoms. The number of rotatable bonds is 6. The van der Waals surface area contributed by atoms with E-state index in [4.69, 9.17) is 0 Å². The molecule has 0 fully saturated rings. The van der Waals surface area contributed by atoms with Crippen molar-refractivity contribution in [1.29, 1.82) is 5.26 Å². The SMILES string of the molecule is CC(C)c1cc(-c2csc(-c3cc(C(F)(F)F)c(C#N)c(=O)n3Cc3ccc(F)cc3F)c2)cc(S(C)(=O)=O)c1. The molecule has 0 saturated heterocycles. The highest BCUT2D eigenvalue weighted by atomic mass is 32.2. The monoisotopic (exact) mass is 592 g/mol. The number of aromatic nitrogens is 1. The zero-order valence-corrected chi connectivity index (χ0v) is 22.9. The van der Waals surface area contributed by atoms with Gasteiger partial charge in [0.15, 0.2) is 9.84 Å². The van der Waals surface area contributed by atoms with Crippen molar-refractivity contribution in [1.82, 2.24) is 4.57 Å². The zero-order chi connectivity index (χ0) is 29.6. The second-order valence-corrected chi connectivity index (χ2v) is 12.4. The van der Waals surface area contributed by atoms with Gasteiger partial charge in [0.05, 0.1) is 27.6 Å². The van der Waals surface area contributed by atoms with E-state index in [9.17, 15) is 40.4 Å². The Labute approximate surface area is 230 Å². The average Bonchev–Trinajstić information content (AvgIpc) is 3.35. The van der Waals surface area contributed by atoms with Crippen LogP contribution < -0.4 is 5.56 Å². The molecule has 0 saturated carbocycles. The number of thiophene rings is 1. The van der Waals surface area contributed by atoms with E-state index in [-0.39, 0.29) is 26.9 Å². The van der Waals surface area contributed by atoms with Crippen LogP contribution >= 0.6 is 11.3 Å². The fourth-order valence-electron chi connectivity index (χ4n) is 4.12. The molecule has 208 valence electrons. The minimum atomic E-state index is -5.03. The van der Waals surface area contributed by atoms with E-state index in [2.05, 4.69) is 0 Å². The Bertz CT molecular complexity index is 1830. The van der Waals surface area contributed by atoms with Crippen LogP contribution in [-0.2, 0) is 22.6 Å². The van der Waals surface area contributed by atoms with Gasteiger partial charge >= 0.3 is 6.18 Å². The Morgan fingerprint density at radius 2 is 1.73 bits per heavy atom. The van der Waals surface area contributed by atoms with Crippen molar-refractivity contribution < 1.29 is 30.4 Å². The first-order chi connectivity index (χ1) is 18.6. The third-order valence-electron chi connectivity index (χ3n) is 6.27. The molecule has 5 nitrogen and oxygen atoms in total. The van der Waals surface area contributed by atoms with Crippen LogP contribution in [0.25, 0.3) is 21.7 Å². The molecule has 2 aromatic carbocycles. The van der Waals surface area contributed by atoms with Gasteiger partial charge < -0.3 is 4.57 Å². The van der Waals surface area contributed by atoms with Gasteiger partial charge in [-0.1, -0.05) is 26.0 Å². The highest BCUT2D eigenvalue weighted by molar-refractivity contribution is 7.90. The molecular weight excluding hydrogens is 571 g/mol. The van der Waals surface area contributed by atoms with E-state index in [0.717, 1.165) is 39.9 Å². The van der Waals surface area contributed by atoms with E-state index in [1.807, 2.05) is 13.8 Å². The number of pyridine rings is 1. The van der Waals surface area contributed by atoms with Crippen LogP contribution in [0.2, 0.25) is 0 Å². The Morgan fingerprint density at radius 1 is 1.02 bits per heavy atom. The second-order valence-electron chi connectivity index (χ2n) is 9.47. The van der Waals surface area contributed by atoms with Gasteiger partial charge in [-0.2, -0.15) is 18.4 Å². The van der Waals surface area contributed by atoms with Crippen LogP contribution in [0.5, 0.6) is 0 Å². The van der Waals surface area contributed by atoms with Crippen LogP contribution in [0.15, 0.2) is 63.6 Å². The predicted octanol–water partition coefficient (Wildman–Crippen LogP) is 6.99. The Morgan fingerprint density at radius 3 is 2.30 bits per heavy atom. The summed E-state index contributed by atoms with van der Waals surface area (Å²) in [5.41, 5.74) is -2.58. The molecule has 0 N–H and O–H groups in total. The summed E-state index contributed by atoms with van der Waals surface area (Å²) in [7, 11) is -3.58. The molecule has 0 amide bonds. The number of halogens is 5. The van der Waals surface area contributed by atoms with Crippen molar-refractivity contribution in [3.05, 3.63) is 98.2 Å². The molecule has 0 spiro atoms. The van der Waals surface area contributed by atoms with Gasteiger partial charge in [-0.15, -0.1) is 11.3 Å². The van der Waals surface area contributed by atoms with E-state index < -0.39 is 50.9 Å². The van der Waals surface area contributed by atoms with E-state index in [1.54, 1.807) is 17.5 Å². The highest BCUT2D eigenvalue weighted by Gasteiger charge is 2.37. The van der Waals surface area contributed by atoms with Crippen LogP contribution in [0.3, 0.4) is 0 Å². The van der Waals surface area contributed by atoms with Crippen LogP contribution in [0.1, 0.15) is 42.0 Å². The first-order valence-corrected chi connectivity index (χ1v) is 14.5. The summed E-state index contributed by atoms with van der Waals surface area (Å²) < 4.78 is 94.9. The van der Waals surface area contributed by atoms with Gasteiger partial charge in [0, 0.05) is 17.9 Å². The number of nitrogens with zero attached hydrogens (tertiary/aromatic N) is 2. The van der Waals surface area contributed by atoms with Crippen LogP contribution in [0, 0.1) is 23.0 Å². The largest absolute Gasteiger partial charge is 0.417 e. The lowest BCUT2D eigenvalue weighted by molar-refractivity contribution is -0.137. The minimum absolute atomic E-state index is 0.0257. The quantitative estimate of drug-likeness (QED) is 0.226. The number of hydrogen-bond donors (Lipinski definition) is 0. The Hall–Kier alpha value is -3.82. The van der Waals surface area contributed by atoms with Crippen molar-refractivity contribution in [2.24, 2.45) is 0 Å². The highest BCUT2D eigenvalue weighted by Crippen LogP contribution is 2.38. The zero-order valence-electron chi connectivity index (χ0n) is 21.3. The van der Waals surface area contributed by atoms with Gasteiger partial charge in [0.25, 0.3) is 5.56 Å². The number of hydrogen-bond acceptors (Lipinski definition) is 5. The third kappa shape index (κ3) is 5.85. The fourth-order valence-corrected chi connectivity index (χ4v) is 5.75. The smallest absolute Gasteiger partial charge is 0.302 e. The van der Waals surface area contributed by atoms with E-state index in [0.29, 0.717) is 23.3 Å². The number of nitriles is 1. The molecule has 4 aromatic rings. The molecule has 2 aromatic heterocycles. The number of alkyl halides is 3. The maximum atomic E-state index is 14.5. The number of benzene rings is 2. The molecular formula is C28H21F5N2O3S2. The van der Waals surface area contributed by atoms with Crippen LogP contribution in [-0.4, -0.2) is 19.2 Å². The average molecular weight is 593 g/mol. The summed E-state index contributed by atoms with van der Waals surface area (Å²) >= 11 is 0.985. The maximum Gasteiger partial charge on any atom is 0.417 e. The van der Waals surface area contributed by atoms with Crippen molar-refractivity contribution in [2.75, 3.05) is 6.26 Å². The first-order valence-electron chi connectivity index (χ1n) is 11.7. The van der Waals surface area contributed by atoms with Crippen molar-refractivity contribution in [3.8, 4) is 27.8 Å². The van der Waals surface area contributed by atoms with Crippen molar-refractivity contribution in [2.45, 2.75) is 37.4 Å². The molecule has 0 radical (unpaired) electrons. The summed E-state index contributed by atoms with van der Waals surface area (Å²) in [6, 6.07) is 10.8. The van der Waals surface area contributed by atoms with Gasteiger partial charge in [-0.05, 0) is 58.3 Å². The number of sulfone groups is 1. The Kier molecular flexibility index (Phi) is 7.75. The molecule has 4 rings (SSSR count). The van der Waals surface area contributed by atoms with Crippen LogP contribution in [0.4, 0.5) is 22.0 Å². The van der Waals surface area contributed by atoms with Gasteiger partial charge in [-0.3, -0.25) is 4.79 Å². The second kappa shape index (κ2) is 10.6. The lowest BCUT2D eigenvalue weighted by Gasteiger charge is -2.17. The molecule has 40 heavy (non-hydrogen) atoms. The summed E-state index contributed by atoms with van der Waals surface area (Å²) in [6.45, 7) is 3.20. The molecule has 0 aliphatic carbocycles. The third-order valence-corrected chi connectivity index (χ3v) is 8.31. The molecule has 12 heteroatoms. The Balaban J connectivity index is 1.96. The van der Waals surface area contributed by atoms with E-state index in [1.165, 1.54) is 18.2 Å². The lowest BCUT2D eigenvalue weighted by atomic mass is 9.98. The fraction of sp³-hybridized carbons (Fsp3) is 0.214.